The van der Waals surface area contributed by atoms with Gasteiger partial charge in [0.25, 0.3) is 5.56 Å². The quantitative estimate of drug-likeness (QED) is 0.884. The number of rotatable bonds is 2. The van der Waals surface area contributed by atoms with Crippen molar-refractivity contribution in [3.63, 3.8) is 0 Å². The summed E-state index contributed by atoms with van der Waals surface area (Å²) < 4.78 is 2.06. The van der Waals surface area contributed by atoms with Gasteiger partial charge in [-0.3, -0.25) is 4.79 Å². The first-order valence-electron chi connectivity index (χ1n) is 7.61. The van der Waals surface area contributed by atoms with Gasteiger partial charge >= 0.3 is 0 Å². The molecule has 4 bridgehead atoms. The van der Waals surface area contributed by atoms with Crippen molar-refractivity contribution in [2.45, 2.75) is 50.6 Å². The smallest absolute Gasteiger partial charge is 0.251 e. The Bertz CT molecular complexity index is 525. The van der Waals surface area contributed by atoms with Crippen molar-refractivity contribution in [2.24, 2.45) is 23.5 Å². The van der Waals surface area contributed by atoms with Crippen LogP contribution in [0.5, 0.6) is 0 Å². The molecule has 2 N–H and O–H groups in total. The zero-order valence-corrected chi connectivity index (χ0v) is 11.3. The highest BCUT2D eigenvalue weighted by atomic mass is 16.1. The van der Waals surface area contributed by atoms with Gasteiger partial charge in [0.05, 0.1) is 0 Å². The minimum atomic E-state index is 0.122. The van der Waals surface area contributed by atoms with Crippen molar-refractivity contribution in [3.05, 3.63) is 34.2 Å². The lowest BCUT2D eigenvalue weighted by Gasteiger charge is -2.57. The summed E-state index contributed by atoms with van der Waals surface area (Å²) in [5.41, 5.74) is 7.11. The van der Waals surface area contributed by atoms with Crippen LogP contribution in [0.15, 0.2) is 23.1 Å². The average molecular weight is 258 g/mol. The first kappa shape index (κ1) is 11.7. The number of aromatic nitrogens is 1. The summed E-state index contributed by atoms with van der Waals surface area (Å²) in [5, 5.41) is 0. The van der Waals surface area contributed by atoms with Crippen LogP contribution in [0, 0.1) is 17.8 Å². The number of nitrogens with two attached hydrogens (primary N) is 1. The van der Waals surface area contributed by atoms with Gasteiger partial charge in [0.1, 0.15) is 0 Å². The van der Waals surface area contributed by atoms with Gasteiger partial charge < -0.3 is 10.3 Å². The van der Waals surface area contributed by atoms with E-state index >= 15 is 0 Å². The van der Waals surface area contributed by atoms with Crippen molar-refractivity contribution >= 4 is 0 Å². The van der Waals surface area contributed by atoms with Crippen LogP contribution < -0.4 is 11.3 Å². The second-order valence-electron chi connectivity index (χ2n) is 7.09. The predicted octanol–water partition coefficient (Wildman–Crippen LogP) is 2.23. The van der Waals surface area contributed by atoms with Crippen LogP contribution in [-0.4, -0.2) is 4.57 Å². The van der Waals surface area contributed by atoms with Gasteiger partial charge in [0, 0.05) is 24.3 Å². The third-order valence-electron chi connectivity index (χ3n) is 5.72. The van der Waals surface area contributed by atoms with E-state index in [2.05, 4.69) is 4.57 Å². The zero-order valence-electron chi connectivity index (χ0n) is 11.3. The second-order valence-corrected chi connectivity index (χ2v) is 7.09. The molecule has 0 spiro atoms. The van der Waals surface area contributed by atoms with E-state index < -0.39 is 0 Å². The number of pyridine rings is 1. The van der Waals surface area contributed by atoms with Crippen LogP contribution >= 0.6 is 0 Å². The van der Waals surface area contributed by atoms with Crippen molar-refractivity contribution in [1.82, 2.24) is 4.57 Å². The van der Waals surface area contributed by atoms with Gasteiger partial charge in [-0.05, 0) is 61.8 Å². The Hall–Kier alpha value is -1.09. The summed E-state index contributed by atoms with van der Waals surface area (Å²) in [5.74, 6) is 2.58. The van der Waals surface area contributed by atoms with E-state index in [1.807, 2.05) is 12.3 Å². The van der Waals surface area contributed by atoms with Gasteiger partial charge in [0.15, 0.2) is 0 Å². The van der Waals surface area contributed by atoms with Crippen LogP contribution in [0.25, 0.3) is 0 Å². The molecule has 0 saturated heterocycles. The maximum atomic E-state index is 12.3. The molecule has 3 nitrogen and oxygen atoms in total. The Balaban J connectivity index is 1.81. The highest BCUT2D eigenvalue weighted by Gasteiger charge is 2.52. The van der Waals surface area contributed by atoms with Crippen molar-refractivity contribution in [3.8, 4) is 0 Å². The lowest BCUT2D eigenvalue weighted by Crippen LogP contribution is -2.54. The summed E-state index contributed by atoms with van der Waals surface area (Å²) in [6.45, 7) is 0.520. The molecule has 4 fully saturated rings. The molecule has 0 atom stereocenters. The molecule has 1 heterocycles. The Morgan fingerprint density at radius 3 is 2.21 bits per heavy atom. The van der Waals surface area contributed by atoms with Crippen LogP contribution in [0.1, 0.15) is 44.1 Å². The van der Waals surface area contributed by atoms with Gasteiger partial charge in [-0.1, -0.05) is 6.07 Å². The molecule has 19 heavy (non-hydrogen) atoms. The largest absolute Gasteiger partial charge is 0.326 e. The fourth-order valence-electron chi connectivity index (χ4n) is 5.38. The zero-order chi connectivity index (χ0) is 13.0. The molecule has 4 saturated carbocycles. The van der Waals surface area contributed by atoms with Gasteiger partial charge in [-0.15, -0.1) is 0 Å². The number of hydrogen-bond acceptors (Lipinski definition) is 2. The topological polar surface area (TPSA) is 48.0 Å². The summed E-state index contributed by atoms with van der Waals surface area (Å²) in [6, 6.07) is 3.58. The molecule has 0 amide bonds. The number of nitrogens with zero attached hydrogens (tertiary/aromatic N) is 1. The molecule has 1 aromatic rings. The Morgan fingerprint density at radius 1 is 1.11 bits per heavy atom. The van der Waals surface area contributed by atoms with Gasteiger partial charge in [-0.2, -0.15) is 0 Å². The fourth-order valence-corrected chi connectivity index (χ4v) is 5.38. The molecule has 0 radical (unpaired) electrons. The Kier molecular flexibility index (Phi) is 2.44. The van der Waals surface area contributed by atoms with E-state index in [0.29, 0.717) is 6.54 Å². The summed E-state index contributed by atoms with van der Waals surface area (Å²) >= 11 is 0. The Morgan fingerprint density at radius 2 is 1.68 bits per heavy atom. The molecule has 1 aromatic heterocycles. The summed E-state index contributed by atoms with van der Waals surface area (Å²) in [7, 11) is 0. The number of hydrogen-bond donors (Lipinski definition) is 1. The second kappa shape index (κ2) is 3.95. The standard InChI is InChI=1S/C16H22N2O/c17-9-11-1-2-15(19)18(10-11)16-6-12-3-13(7-16)5-14(4-12)8-16/h1-2,10,12-14H,3-9,17H2. The minimum absolute atomic E-state index is 0.122. The van der Waals surface area contributed by atoms with E-state index in [-0.39, 0.29) is 11.1 Å². The average Bonchev–Trinajstić information content (AvgIpc) is 2.37. The maximum Gasteiger partial charge on any atom is 0.251 e. The van der Waals surface area contributed by atoms with Crippen LogP contribution in [0.2, 0.25) is 0 Å². The molecular weight excluding hydrogens is 236 g/mol. The normalized spacial score (nSPS) is 39.7. The highest BCUT2D eigenvalue weighted by molar-refractivity contribution is 5.14. The SMILES string of the molecule is NCc1ccc(=O)n(C23CC4CC(CC(C4)C2)C3)c1. The molecule has 4 aliphatic carbocycles. The van der Waals surface area contributed by atoms with Gasteiger partial charge in [-0.25, -0.2) is 0 Å². The highest BCUT2D eigenvalue weighted by Crippen LogP contribution is 2.58. The molecule has 5 rings (SSSR count). The van der Waals surface area contributed by atoms with E-state index in [4.69, 9.17) is 5.73 Å². The van der Waals surface area contributed by atoms with E-state index in [1.54, 1.807) is 6.07 Å². The summed E-state index contributed by atoms with van der Waals surface area (Å²) in [6.07, 6.45) is 9.90. The molecule has 0 aromatic carbocycles. The van der Waals surface area contributed by atoms with E-state index in [0.717, 1.165) is 23.3 Å². The third kappa shape index (κ3) is 1.71. The first-order chi connectivity index (χ1) is 9.18. The molecular formula is C16H22N2O. The predicted molar refractivity (Wildman–Crippen MR) is 74.7 cm³/mol. The lowest BCUT2D eigenvalue weighted by molar-refractivity contribution is -0.0449. The minimum Gasteiger partial charge on any atom is -0.326 e. The molecule has 4 aliphatic rings. The van der Waals surface area contributed by atoms with E-state index in [9.17, 15) is 4.79 Å². The fraction of sp³-hybridized carbons (Fsp3) is 0.688. The molecule has 0 aliphatic heterocycles. The summed E-state index contributed by atoms with van der Waals surface area (Å²) in [4.78, 5) is 12.3. The van der Waals surface area contributed by atoms with Crippen molar-refractivity contribution < 1.29 is 0 Å². The molecule has 3 heteroatoms. The van der Waals surface area contributed by atoms with Gasteiger partial charge in [0.2, 0.25) is 0 Å². The van der Waals surface area contributed by atoms with Crippen molar-refractivity contribution in [1.29, 1.82) is 0 Å². The molecule has 0 unspecified atom stereocenters. The Labute approximate surface area is 113 Å². The van der Waals surface area contributed by atoms with E-state index in [1.165, 1.54) is 38.5 Å². The van der Waals surface area contributed by atoms with Crippen LogP contribution in [-0.2, 0) is 12.1 Å². The first-order valence-corrected chi connectivity index (χ1v) is 7.61. The maximum absolute atomic E-state index is 12.3. The van der Waals surface area contributed by atoms with Crippen LogP contribution in [0.3, 0.4) is 0 Å². The lowest BCUT2D eigenvalue weighted by atomic mass is 9.53. The third-order valence-corrected chi connectivity index (χ3v) is 5.72. The van der Waals surface area contributed by atoms with Crippen LogP contribution in [0.4, 0.5) is 0 Å². The monoisotopic (exact) mass is 258 g/mol. The van der Waals surface area contributed by atoms with Crippen molar-refractivity contribution in [2.75, 3.05) is 0 Å². The molecule has 102 valence electrons.